The smallest absolute Gasteiger partial charge is 0.166 e. The molecule has 6 aromatic rings. The Morgan fingerprint density at radius 1 is 0.396 bits per heavy atom. The monoisotopic (exact) mass is 964 g/mol. The van der Waals surface area contributed by atoms with Crippen molar-refractivity contribution < 1.29 is 9.13 Å². The molecule has 0 saturated heterocycles. The molecule has 0 bridgehead atoms. The minimum Gasteiger partial charge on any atom is -0.311 e. The van der Waals surface area contributed by atoms with Crippen molar-refractivity contribution in [3.8, 4) is 11.1 Å². The summed E-state index contributed by atoms with van der Waals surface area (Å²) in [6, 6.07) is 53.3. The number of halogens is 2. The van der Waals surface area contributed by atoms with Gasteiger partial charge in [-0.25, -0.2) is 0 Å². The molecule has 4 nitrogen and oxygen atoms in total. The fourth-order valence-corrected chi connectivity index (χ4v) is 14.5. The molecule has 0 spiro atoms. The average molecular weight is 965 g/mol. The van der Waals surface area contributed by atoms with Crippen LogP contribution in [0, 0.1) is 0 Å². The van der Waals surface area contributed by atoms with E-state index in [1.807, 2.05) is 84.9 Å². The van der Waals surface area contributed by atoms with Gasteiger partial charge in [0.05, 0.1) is 0 Å². The molecule has 0 aliphatic carbocycles. The summed E-state index contributed by atoms with van der Waals surface area (Å²) < 4.78 is 25.3. The van der Waals surface area contributed by atoms with Crippen LogP contribution in [-0.2, 0) is 43.1 Å². The SMILES string of the molecule is O=P(c1ccc(N(c2ccccc2)c2ccc(-c3ccc(N(c4ccccc4)c4ccc(P(=O)=[SH](=S)I)cc4)cc3)cc2)cc1)=[SH](=S)I. The highest BCUT2D eigenvalue weighted by atomic mass is 127. The highest BCUT2D eigenvalue weighted by molar-refractivity contribution is 14.2. The van der Waals surface area contributed by atoms with Gasteiger partial charge in [0, 0.05) is 44.7 Å². The van der Waals surface area contributed by atoms with E-state index in [1.54, 1.807) is 0 Å². The minimum atomic E-state index is -1.56. The number of rotatable bonds is 9. The minimum absolute atomic E-state index is 0.790. The Balaban J connectivity index is 1.31. The van der Waals surface area contributed by atoms with Crippen LogP contribution in [-0.4, -0.2) is 0 Å². The molecule has 0 aromatic heterocycles. The number of nitrogens with zero attached hydrogens (tertiary/aromatic N) is 2. The lowest BCUT2D eigenvalue weighted by Crippen LogP contribution is -2.10. The van der Waals surface area contributed by atoms with E-state index in [-0.39, 0.29) is 0 Å². The largest absolute Gasteiger partial charge is 0.311 e. The lowest BCUT2D eigenvalue weighted by atomic mass is 10.0. The van der Waals surface area contributed by atoms with E-state index in [0.717, 1.165) is 55.9 Å². The maximum Gasteiger partial charge on any atom is 0.166 e. The zero-order valence-electron chi connectivity index (χ0n) is 25.1. The van der Waals surface area contributed by atoms with Crippen LogP contribution < -0.4 is 20.4 Å². The molecule has 242 valence electrons. The summed E-state index contributed by atoms with van der Waals surface area (Å²) in [7, 11) is 0. The molecule has 4 atom stereocenters. The highest BCUT2D eigenvalue weighted by Gasteiger charge is 2.15. The van der Waals surface area contributed by atoms with Gasteiger partial charge < -0.3 is 9.80 Å². The van der Waals surface area contributed by atoms with Gasteiger partial charge in [-0.15, -0.1) is 0 Å². The Morgan fingerprint density at radius 2 is 0.646 bits per heavy atom. The Bertz CT molecular complexity index is 2150. The van der Waals surface area contributed by atoms with E-state index in [4.69, 9.17) is 22.4 Å². The summed E-state index contributed by atoms with van der Waals surface area (Å²) in [5, 5.41) is 1.58. The molecule has 4 unspecified atom stereocenters. The van der Waals surface area contributed by atoms with Gasteiger partial charge in [0.25, 0.3) is 0 Å². The van der Waals surface area contributed by atoms with Crippen molar-refractivity contribution in [3.63, 3.8) is 0 Å². The third kappa shape index (κ3) is 8.36. The second-order valence-electron chi connectivity index (χ2n) is 10.5. The van der Waals surface area contributed by atoms with Gasteiger partial charge in [0.2, 0.25) is 0 Å². The summed E-state index contributed by atoms with van der Waals surface area (Å²) in [6.45, 7) is -3.13. The molecule has 0 saturated carbocycles. The number of thiol groups is 2. The van der Waals surface area contributed by atoms with E-state index in [1.165, 1.54) is 0 Å². The van der Waals surface area contributed by atoms with E-state index < -0.39 is 24.8 Å². The van der Waals surface area contributed by atoms with Crippen LogP contribution in [0.25, 0.3) is 11.1 Å². The van der Waals surface area contributed by atoms with Crippen molar-refractivity contribution in [3.05, 3.63) is 158 Å². The van der Waals surface area contributed by atoms with Crippen LogP contribution in [0.15, 0.2) is 158 Å². The van der Waals surface area contributed by atoms with Gasteiger partial charge in [-0.3, -0.25) is 9.13 Å². The van der Waals surface area contributed by atoms with Gasteiger partial charge in [0.1, 0.15) is 0 Å². The van der Waals surface area contributed by atoms with Crippen molar-refractivity contribution in [1.82, 2.24) is 0 Å². The normalized spacial score (nSPS) is 12.9. The zero-order valence-corrected chi connectivity index (χ0v) is 34.6. The quantitative estimate of drug-likeness (QED) is 0.0651. The standard InChI is InChI=1S/C36H28I2N2O2P2S4/c37-47(45)43(41)35-23-19-33(20-24-35)39(29-7-3-1-4-8-29)31-15-11-27(12-16-31)28-13-17-32(18-14-28)40(30-9-5-2-6-10-30)34-21-25-36(26-22-34)44(42)48(38)46/h1-26,47-48H. The van der Waals surface area contributed by atoms with Crippen LogP contribution in [0.3, 0.4) is 0 Å². The van der Waals surface area contributed by atoms with Gasteiger partial charge in [0.15, 0.2) is 13.2 Å². The van der Waals surface area contributed by atoms with E-state index >= 15 is 0 Å². The van der Waals surface area contributed by atoms with Crippen molar-refractivity contribution >= 4 is 134 Å². The van der Waals surface area contributed by atoms with E-state index in [2.05, 4.69) is 125 Å². The lowest BCUT2D eigenvalue weighted by molar-refractivity contribution is 0.601. The predicted octanol–water partition coefficient (Wildman–Crippen LogP) is 11.4. The second-order valence-corrected chi connectivity index (χ2v) is 36.2. The van der Waals surface area contributed by atoms with Crippen LogP contribution >= 0.6 is 55.6 Å². The fraction of sp³-hybridized carbons (Fsp3) is 0. The molecule has 12 heteroatoms. The summed E-state index contributed by atoms with van der Waals surface area (Å²) >= 11 is 14.8. The first-order chi connectivity index (χ1) is 23.3. The average Bonchev–Trinajstić information content (AvgIpc) is 3.13. The number of anilines is 6. The Labute approximate surface area is 318 Å². The molecule has 0 heterocycles. The molecule has 0 aliphatic rings. The van der Waals surface area contributed by atoms with Crippen molar-refractivity contribution in [2.75, 3.05) is 9.80 Å². The second kappa shape index (κ2) is 16.6. The van der Waals surface area contributed by atoms with Crippen LogP contribution in [0.2, 0.25) is 0 Å². The molecule has 0 radical (unpaired) electrons. The summed E-state index contributed by atoms with van der Waals surface area (Å²) in [5.74, 6) is -1.96. The molecule has 6 rings (SSSR count). The first-order valence-corrected chi connectivity index (χ1v) is 28.8. The maximum atomic E-state index is 12.6. The van der Waals surface area contributed by atoms with Crippen LogP contribution in [0.5, 0.6) is 0 Å². The molecule has 0 amide bonds. The zero-order chi connectivity index (χ0) is 33.6. The van der Waals surface area contributed by atoms with E-state index in [0.29, 0.717) is 0 Å². The van der Waals surface area contributed by atoms with E-state index in [9.17, 15) is 9.13 Å². The number of benzene rings is 6. The third-order valence-corrected chi connectivity index (χ3v) is 22.4. The van der Waals surface area contributed by atoms with Crippen molar-refractivity contribution in [2.24, 2.45) is 0 Å². The summed E-state index contributed by atoms with van der Waals surface area (Å²) in [4.78, 5) is 4.39. The van der Waals surface area contributed by atoms with Gasteiger partial charge in [-0.1, -0.05) is 60.7 Å². The first-order valence-electron chi connectivity index (χ1n) is 14.6. The summed E-state index contributed by atoms with van der Waals surface area (Å²) in [6.07, 6.45) is 0. The predicted molar refractivity (Wildman–Crippen MR) is 236 cm³/mol. The molecule has 6 aromatic carbocycles. The maximum absolute atomic E-state index is 12.6. The van der Waals surface area contributed by atoms with Gasteiger partial charge in [-0.2, -0.15) is 0 Å². The van der Waals surface area contributed by atoms with Crippen molar-refractivity contribution in [2.45, 2.75) is 0 Å². The lowest BCUT2D eigenvalue weighted by Gasteiger charge is -2.26. The first kappa shape index (κ1) is 35.5. The third-order valence-electron chi connectivity index (χ3n) is 7.56. The Hall–Kier alpha value is -2.28. The molecule has 0 fully saturated rings. The van der Waals surface area contributed by atoms with Gasteiger partial charge in [-0.05, 0) is 185 Å². The van der Waals surface area contributed by atoms with Crippen molar-refractivity contribution in [1.29, 1.82) is 0 Å². The molecular weight excluding hydrogens is 936 g/mol. The van der Waals surface area contributed by atoms with Crippen LogP contribution in [0.1, 0.15) is 0 Å². The number of hydrogen-bond acceptors (Lipinski definition) is 6. The highest BCUT2D eigenvalue weighted by Crippen LogP contribution is 2.38. The molecule has 0 aliphatic heterocycles. The number of hydrogen-bond donors (Lipinski definition) is 2. The molecule has 0 N–H and O–H groups in total. The topological polar surface area (TPSA) is 40.6 Å². The number of para-hydroxylation sites is 2. The Morgan fingerprint density at radius 3 is 0.917 bits per heavy atom. The fourth-order valence-electron chi connectivity index (χ4n) is 5.29. The molecular formula is C36H28I2N2O2P2S4. The summed E-state index contributed by atoms with van der Waals surface area (Å²) in [5.41, 5.74) is 8.27. The Kier molecular flexibility index (Phi) is 12.3. The molecule has 48 heavy (non-hydrogen) atoms. The van der Waals surface area contributed by atoms with Crippen LogP contribution in [0.4, 0.5) is 34.1 Å². The van der Waals surface area contributed by atoms with Gasteiger partial charge >= 0.3 is 0 Å².